The van der Waals surface area contributed by atoms with Gasteiger partial charge in [0.1, 0.15) is 11.8 Å². The van der Waals surface area contributed by atoms with Gasteiger partial charge in [-0.1, -0.05) is 24.3 Å². The molecule has 1 aromatic carbocycles. The number of aliphatic carboxylic acids is 1. The average molecular weight is 653 g/mol. The number of carboxylic acids is 1. The highest BCUT2D eigenvalue weighted by atomic mass is 19.4. The number of likely N-dealkylation sites (tertiary alicyclic amines) is 1. The molecule has 0 spiro atoms. The number of alkyl halides is 5. The zero-order chi connectivity index (χ0) is 33.7. The van der Waals surface area contributed by atoms with Gasteiger partial charge in [0.2, 0.25) is 5.91 Å². The summed E-state index contributed by atoms with van der Waals surface area (Å²) in [6.45, 7) is 4.56. The van der Waals surface area contributed by atoms with Gasteiger partial charge in [-0.15, -0.1) is 0 Å². The van der Waals surface area contributed by atoms with Crippen molar-refractivity contribution < 1.29 is 46.2 Å². The quantitative estimate of drug-likeness (QED) is 0.260. The zero-order valence-corrected chi connectivity index (χ0v) is 24.6. The molecule has 46 heavy (non-hydrogen) atoms. The van der Waals surface area contributed by atoms with Gasteiger partial charge in [-0.2, -0.15) is 18.4 Å². The van der Waals surface area contributed by atoms with Gasteiger partial charge in [0.05, 0.1) is 25.8 Å². The third-order valence-corrected chi connectivity index (χ3v) is 6.91. The summed E-state index contributed by atoms with van der Waals surface area (Å²) in [5.74, 6) is -6.36. The summed E-state index contributed by atoms with van der Waals surface area (Å²) in [6.07, 6.45) is 1.72. The molecule has 2 aliphatic heterocycles. The largest absolute Gasteiger partial charge is 0.494 e. The van der Waals surface area contributed by atoms with Gasteiger partial charge in [0.25, 0.3) is 11.8 Å². The van der Waals surface area contributed by atoms with Crippen LogP contribution in [0.2, 0.25) is 0 Å². The van der Waals surface area contributed by atoms with Crippen molar-refractivity contribution in [1.82, 2.24) is 25.4 Å². The van der Waals surface area contributed by atoms with E-state index in [9.17, 15) is 31.5 Å². The number of nitrogens with zero attached hydrogens (tertiary/aromatic N) is 4. The Morgan fingerprint density at radius 2 is 1.83 bits per heavy atom. The van der Waals surface area contributed by atoms with Crippen molar-refractivity contribution in [3.63, 3.8) is 0 Å². The van der Waals surface area contributed by atoms with Gasteiger partial charge in [-0.05, 0) is 30.2 Å². The molecule has 2 aliphatic rings. The minimum atomic E-state index is -5.08. The Hall–Kier alpha value is -4.62. The van der Waals surface area contributed by atoms with Crippen LogP contribution in [0, 0.1) is 11.3 Å². The van der Waals surface area contributed by atoms with E-state index in [1.54, 1.807) is 12.1 Å². The minimum Gasteiger partial charge on any atom is -0.494 e. The van der Waals surface area contributed by atoms with Gasteiger partial charge < -0.3 is 30.3 Å². The Labute approximate surface area is 261 Å². The molecule has 16 heteroatoms. The molecule has 2 saturated heterocycles. The van der Waals surface area contributed by atoms with Crippen LogP contribution >= 0.6 is 0 Å². The third-order valence-electron chi connectivity index (χ3n) is 6.91. The monoisotopic (exact) mass is 652 g/mol. The molecule has 4 rings (SSSR count). The van der Waals surface area contributed by atoms with Crippen LogP contribution in [0.1, 0.15) is 34.3 Å². The highest BCUT2D eigenvalue weighted by molar-refractivity contribution is 6.00. The maximum absolute atomic E-state index is 13.6. The molecule has 1 atom stereocenters. The number of rotatable bonds is 10. The average Bonchev–Trinajstić information content (AvgIpc) is 3.36. The predicted molar refractivity (Wildman–Crippen MR) is 156 cm³/mol. The van der Waals surface area contributed by atoms with Gasteiger partial charge >= 0.3 is 12.1 Å². The molecule has 2 fully saturated rings. The van der Waals surface area contributed by atoms with Crippen LogP contribution in [0.3, 0.4) is 0 Å². The summed E-state index contributed by atoms with van der Waals surface area (Å²) in [4.78, 5) is 41.4. The molecule has 0 bridgehead atoms. The third kappa shape index (κ3) is 11.4. The van der Waals surface area contributed by atoms with Crippen LogP contribution < -0.4 is 15.4 Å². The minimum absolute atomic E-state index is 0.280. The molecule has 11 nitrogen and oxygen atoms in total. The zero-order valence-electron chi connectivity index (χ0n) is 24.6. The first kappa shape index (κ1) is 35.9. The number of pyridine rings is 1. The Balaban J connectivity index is 0.000000738. The number of nitriles is 1. The van der Waals surface area contributed by atoms with Crippen molar-refractivity contribution in [3.8, 4) is 11.8 Å². The molecule has 0 unspecified atom stereocenters. The fourth-order valence-electron chi connectivity index (χ4n) is 4.57. The number of aromatic nitrogens is 1. The molecular weight excluding hydrogens is 619 g/mol. The molecule has 2 amide bonds. The van der Waals surface area contributed by atoms with Crippen LogP contribution in [0.25, 0.3) is 12.2 Å². The van der Waals surface area contributed by atoms with E-state index < -0.39 is 55.4 Å². The van der Waals surface area contributed by atoms with E-state index in [2.05, 4.69) is 20.5 Å². The van der Waals surface area contributed by atoms with E-state index in [1.165, 1.54) is 18.5 Å². The highest BCUT2D eigenvalue weighted by Crippen LogP contribution is 2.31. The second kappa shape index (κ2) is 16.6. The standard InChI is InChI=1S/C28H32F2N6O3.C2HF3O2/c29-28(30)16-23(17-31)36(20-28)26(37)19-34-27(38)25-8-9-33-18-22(25)5-2-21-3-6-24(7-4-21)39-15-1-12-35-13-10-32-11-14-35;3-2(4,5)1(6)7/h2-9,18,23,32H,1,10-16,19-20H2,(H,34,38);(H,6,7)/b5-2+;/t23-;/m0./s1. The molecule has 0 aliphatic carbocycles. The number of hydrogen-bond donors (Lipinski definition) is 3. The summed E-state index contributed by atoms with van der Waals surface area (Å²) in [5.41, 5.74) is 1.70. The normalized spacial score (nSPS) is 17.9. The molecular formula is C30H33F5N6O5. The summed E-state index contributed by atoms with van der Waals surface area (Å²) >= 11 is 0. The van der Waals surface area contributed by atoms with E-state index in [-0.39, 0.29) is 5.56 Å². The number of piperazine rings is 1. The number of amides is 2. The number of hydrogen-bond acceptors (Lipinski definition) is 8. The maximum atomic E-state index is 13.6. The summed E-state index contributed by atoms with van der Waals surface area (Å²) in [5, 5.41) is 22.0. The van der Waals surface area contributed by atoms with Crippen molar-refractivity contribution in [2.45, 2.75) is 31.0 Å². The molecule has 2 aromatic rings. The van der Waals surface area contributed by atoms with Crippen molar-refractivity contribution >= 4 is 29.9 Å². The first-order chi connectivity index (χ1) is 21.8. The summed E-state index contributed by atoms with van der Waals surface area (Å²) < 4.78 is 64.9. The first-order valence-corrected chi connectivity index (χ1v) is 14.2. The van der Waals surface area contributed by atoms with E-state index in [0.717, 1.165) is 55.4 Å². The van der Waals surface area contributed by atoms with Crippen LogP contribution in [0.5, 0.6) is 5.75 Å². The number of carbonyl (C=O) groups excluding carboxylic acids is 2. The number of benzene rings is 1. The van der Waals surface area contributed by atoms with E-state index >= 15 is 0 Å². The van der Waals surface area contributed by atoms with E-state index in [0.29, 0.717) is 12.2 Å². The van der Waals surface area contributed by atoms with E-state index in [4.69, 9.17) is 19.9 Å². The number of ether oxygens (including phenoxy) is 1. The first-order valence-electron chi connectivity index (χ1n) is 14.2. The Kier molecular flexibility index (Phi) is 13.0. The lowest BCUT2D eigenvalue weighted by Gasteiger charge is -2.26. The molecule has 1 aromatic heterocycles. The highest BCUT2D eigenvalue weighted by Gasteiger charge is 2.47. The Morgan fingerprint density at radius 3 is 2.46 bits per heavy atom. The van der Waals surface area contributed by atoms with Gasteiger partial charge in [-0.3, -0.25) is 14.6 Å². The lowest BCUT2D eigenvalue weighted by molar-refractivity contribution is -0.192. The van der Waals surface area contributed by atoms with Crippen molar-refractivity contribution in [2.75, 3.05) is 52.4 Å². The van der Waals surface area contributed by atoms with Crippen LogP contribution in [0.15, 0.2) is 42.7 Å². The van der Waals surface area contributed by atoms with Crippen LogP contribution in [-0.2, 0) is 9.59 Å². The van der Waals surface area contributed by atoms with Crippen molar-refractivity contribution in [1.29, 1.82) is 5.26 Å². The molecule has 3 heterocycles. The smallest absolute Gasteiger partial charge is 0.490 e. The lowest BCUT2D eigenvalue weighted by atomic mass is 10.1. The lowest BCUT2D eigenvalue weighted by Crippen LogP contribution is -2.43. The fourth-order valence-corrected chi connectivity index (χ4v) is 4.57. The SMILES string of the molecule is N#C[C@@H]1CC(F)(F)CN1C(=O)CNC(=O)c1ccncc1/C=C/c1ccc(OCCCN2CCNCC2)cc1.O=C(O)C(F)(F)F. The summed E-state index contributed by atoms with van der Waals surface area (Å²) in [7, 11) is 0. The fraction of sp³-hybridized carbons (Fsp3) is 0.433. The molecule has 3 N–H and O–H groups in total. The molecule has 0 saturated carbocycles. The molecule has 0 radical (unpaired) electrons. The van der Waals surface area contributed by atoms with Gasteiger partial charge in [0, 0.05) is 62.7 Å². The Bertz CT molecular complexity index is 1410. The van der Waals surface area contributed by atoms with Gasteiger partial charge in [0.15, 0.2) is 0 Å². The number of carboxylic acid groups (broad SMARTS) is 1. The predicted octanol–water partition coefficient (Wildman–Crippen LogP) is 3.05. The second-order valence-corrected chi connectivity index (χ2v) is 10.4. The Morgan fingerprint density at radius 1 is 1.15 bits per heavy atom. The topological polar surface area (TPSA) is 148 Å². The van der Waals surface area contributed by atoms with Crippen molar-refractivity contribution in [2.24, 2.45) is 0 Å². The number of halogens is 5. The van der Waals surface area contributed by atoms with Crippen LogP contribution in [0.4, 0.5) is 22.0 Å². The van der Waals surface area contributed by atoms with Crippen LogP contribution in [-0.4, -0.2) is 108 Å². The number of nitrogens with one attached hydrogen (secondary N) is 2. The second-order valence-electron chi connectivity index (χ2n) is 10.4. The van der Waals surface area contributed by atoms with Crippen molar-refractivity contribution in [3.05, 3.63) is 59.4 Å². The molecule has 248 valence electrons. The maximum Gasteiger partial charge on any atom is 0.490 e. The number of carbonyl (C=O) groups is 3. The van der Waals surface area contributed by atoms with Gasteiger partial charge in [-0.25, -0.2) is 13.6 Å². The van der Waals surface area contributed by atoms with E-state index in [1.807, 2.05) is 30.3 Å². The summed E-state index contributed by atoms with van der Waals surface area (Å²) in [6, 6.07) is 9.63.